The Hall–Kier alpha value is -3.28. The Labute approximate surface area is 214 Å². The largest absolute Gasteiger partial charge is 0.477 e. The Kier molecular flexibility index (Phi) is 6.93. The molecule has 2 amide bonds. The summed E-state index contributed by atoms with van der Waals surface area (Å²) in [7, 11) is 0. The van der Waals surface area contributed by atoms with Crippen molar-refractivity contribution < 1.29 is 24.7 Å². The maximum Gasteiger partial charge on any atom is 0.353 e. The van der Waals surface area contributed by atoms with E-state index in [-0.39, 0.29) is 44.0 Å². The highest BCUT2D eigenvalue weighted by molar-refractivity contribution is 8.05. The van der Waals surface area contributed by atoms with Gasteiger partial charge in [0.1, 0.15) is 44.6 Å². The Morgan fingerprint density at radius 2 is 1.97 bits per heavy atom. The molecular weight excluding hydrogens is 542 g/mol. The molecular formula is C17H16ClN9O5S3. The van der Waals surface area contributed by atoms with Crippen molar-refractivity contribution in [3.8, 4) is 0 Å². The summed E-state index contributed by atoms with van der Waals surface area (Å²) in [4.78, 5) is 51.0. The zero-order valence-corrected chi connectivity index (χ0v) is 20.5. The van der Waals surface area contributed by atoms with E-state index < -0.39 is 34.9 Å². The van der Waals surface area contributed by atoms with Gasteiger partial charge in [-0.3, -0.25) is 14.5 Å². The molecule has 1 unspecified atom stereocenters. The molecule has 4 heterocycles. The number of nitrogens with two attached hydrogens (primary N) is 3. The summed E-state index contributed by atoms with van der Waals surface area (Å²) in [5.41, 5.74) is 16.0. The van der Waals surface area contributed by atoms with Gasteiger partial charge in [-0.05, 0) is 0 Å². The van der Waals surface area contributed by atoms with Crippen molar-refractivity contribution in [3.63, 3.8) is 0 Å². The summed E-state index contributed by atoms with van der Waals surface area (Å²) in [6, 6.07) is 0.339. The molecule has 2 aromatic rings. The minimum absolute atomic E-state index is 0.0303. The molecule has 0 aliphatic carbocycles. The number of amides is 2. The number of carbonyl (C=O) groups excluding carboxylic acids is 2. The van der Waals surface area contributed by atoms with Gasteiger partial charge in [-0.1, -0.05) is 28.1 Å². The van der Waals surface area contributed by atoms with Crippen molar-refractivity contribution in [1.29, 1.82) is 0 Å². The number of carboxylic acid groups (broad SMARTS) is 1. The van der Waals surface area contributed by atoms with Gasteiger partial charge >= 0.3 is 5.97 Å². The van der Waals surface area contributed by atoms with E-state index in [1.165, 1.54) is 17.8 Å². The maximum atomic E-state index is 12.8. The van der Waals surface area contributed by atoms with E-state index in [4.69, 9.17) is 28.8 Å². The molecule has 1 saturated heterocycles. The number of halogens is 1. The normalized spacial score (nSPS) is 19.9. The molecule has 35 heavy (non-hydrogen) atoms. The predicted molar refractivity (Wildman–Crippen MR) is 132 cm³/mol. The first-order chi connectivity index (χ1) is 16.6. The van der Waals surface area contributed by atoms with Gasteiger partial charge in [0.2, 0.25) is 0 Å². The molecule has 0 radical (unpaired) electrons. The van der Waals surface area contributed by atoms with E-state index in [1.807, 2.05) is 0 Å². The van der Waals surface area contributed by atoms with Crippen LogP contribution in [0.2, 0.25) is 4.34 Å². The number of rotatable bonds is 7. The number of β-lactam (4-membered cyclic amide) rings is 1. The molecule has 14 nitrogen and oxygen atoms in total. The third kappa shape index (κ3) is 4.79. The van der Waals surface area contributed by atoms with E-state index in [0.717, 1.165) is 28.0 Å². The predicted octanol–water partition coefficient (Wildman–Crippen LogP) is 0.141. The summed E-state index contributed by atoms with van der Waals surface area (Å²) < 4.78 is 0.0303. The van der Waals surface area contributed by atoms with Crippen LogP contribution in [0, 0.1) is 0 Å². The fraction of sp³-hybridized carbons (Fsp3) is 0.235. The zero-order valence-electron chi connectivity index (χ0n) is 17.3. The number of fused-ring (bicyclic) bond motifs is 1. The highest BCUT2D eigenvalue weighted by Crippen LogP contribution is 2.44. The summed E-state index contributed by atoms with van der Waals surface area (Å²) in [6.45, 7) is 0. The third-order valence-corrected chi connectivity index (χ3v) is 8.39. The SMILES string of the molecule is Nc1cc(N)nc(CSC2=C(C(=O)O)N3C(=O)C(NC(=O)/C(=N/O)c4nc(N)sc4Cl)[C@H]3SC2)n1. The van der Waals surface area contributed by atoms with Gasteiger partial charge in [-0.15, -0.1) is 23.5 Å². The van der Waals surface area contributed by atoms with Crippen molar-refractivity contribution in [3.05, 3.63) is 32.5 Å². The van der Waals surface area contributed by atoms with E-state index in [1.54, 1.807) is 0 Å². The van der Waals surface area contributed by atoms with E-state index in [9.17, 15) is 24.7 Å². The lowest BCUT2D eigenvalue weighted by molar-refractivity contribution is -0.150. The van der Waals surface area contributed by atoms with Crippen LogP contribution >= 0.6 is 46.5 Å². The molecule has 18 heteroatoms. The number of oxime groups is 1. The zero-order chi connectivity index (χ0) is 25.4. The second-order valence-electron chi connectivity index (χ2n) is 6.98. The topological polar surface area (TPSA) is 236 Å². The average molecular weight is 558 g/mol. The molecule has 0 bridgehead atoms. The van der Waals surface area contributed by atoms with Crippen LogP contribution < -0.4 is 22.5 Å². The molecule has 0 aromatic carbocycles. The number of hydrogen-bond donors (Lipinski definition) is 6. The van der Waals surface area contributed by atoms with E-state index in [0.29, 0.717) is 10.7 Å². The fourth-order valence-corrected chi connectivity index (χ4v) is 6.74. The number of nitrogens with one attached hydrogen (secondary N) is 1. The molecule has 2 aromatic heterocycles. The number of carboxylic acids is 1. The van der Waals surface area contributed by atoms with Crippen LogP contribution in [-0.2, 0) is 20.1 Å². The number of thioether (sulfide) groups is 2. The van der Waals surface area contributed by atoms with Crippen molar-refractivity contribution in [1.82, 2.24) is 25.2 Å². The quantitative estimate of drug-likeness (QED) is 0.115. The molecule has 2 aliphatic rings. The number of thiazole rings is 1. The Bertz CT molecular complexity index is 1280. The van der Waals surface area contributed by atoms with Crippen LogP contribution in [0.5, 0.6) is 0 Å². The van der Waals surface area contributed by atoms with Crippen LogP contribution in [0.15, 0.2) is 21.8 Å². The fourth-order valence-electron chi connectivity index (χ4n) is 3.33. The number of nitrogen functional groups attached to an aromatic ring is 3. The maximum absolute atomic E-state index is 12.8. The first-order valence-corrected chi connectivity index (χ1v) is 12.7. The van der Waals surface area contributed by atoms with Crippen molar-refractivity contribution >= 4 is 86.7 Å². The molecule has 184 valence electrons. The monoisotopic (exact) mass is 557 g/mol. The van der Waals surface area contributed by atoms with Crippen molar-refractivity contribution in [2.24, 2.45) is 5.16 Å². The molecule has 1 fully saturated rings. The summed E-state index contributed by atoms with van der Waals surface area (Å²) in [5, 5.41) is 23.8. The number of aliphatic carboxylic acids is 1. The number of nitrogens with zero attached hydrogens (tertiary/aromatic N) is 5. The number of hydrogen-bond acceptors (Lipinski definition) is 14. The lowest BCUT2D eigenvalue weighted by Crippen LogP contribution is -2.71. The first kappa shape index (κ1) is 24.8. The number of carbonyl (C=O) groups is 3. The van der Waals surface area contributed by atoms with Crippen LogP contribution in [0.1, 0.15) is 11.5 Å². The smallest absolute Gasteiger partial charge is 0.353 e. The van der Waals surface area contributed by atoms with Crippen LogP contribution in [0.4, 0.5) is 16.8 Å². The number of aromatic nitrogens is 3. The summed E-state index contributed by atoms with van der Waals surface area (Å²) in [6.07, 6.45) is 0. The first-order valence-electron chi connectivity index (χ1n) is 9.48. The highest BCUT2D eigenvalue weighted by atomic mass is 35.5. The van der Waals surface area contributed by atoms with Crippen LogP contribution in [0.25, 0.3) is 0 Å². The molecule has 9 N–H and O–H groups in total. The molecule has 0 saturated carbocycles. The van der Waals surface area contributed by atoms with Gasteiger partial charge in [0.25, 0.3) is 11.8 Å². The number of anilines is 3. The van der Waals surface area contributed by atoms with Crippen LogP contribution in [0.3, 0.4) is 0 Å². The molecule has 0 spiro atoms. The van der Waals surface area contributed by atoms with Gasteiger partial charge in [0.05, 0.1) is 5.75 Å². The minimum atomic E-state index is -1.30. The van der Waals surface area contributed by atoms with Crippen LogP contribution in [-0.4, -0.2) is 70.8 Å². The van der Waals surface area contributed by atoms with E-state index in [2.05, 4.69) is 25.4 Å². The van der Waals surface area contributed by atoms with Gasteiger partial charge < -0.3 is 32.8 Å². The van der Waals surface area contributed by atoms with Gasteiger partial charge in [-0.2, -0.15) is 0 Å². The summed E-state index contributed by atoms with van der Waals surface area (Å²) >= 11 is 9.26. The summed E-state index contributed by atoms with van der Waals surface area (Å²) in [5.74, 6) is -1.75. The lowest BCUT2D eigenvalue weighted by atomic mass is 10.0. The van der Waals surface area contributed by atoms with Gasteiger partial charge in [-0.25, -0.2) is 19.7 Å². The Morgan fingerprint density at radius 1 is 1.29 bits per heavy atom. The molecule has 4 rings (SSSR count). The standard InChI is InChI=1S/C17H16ClN9O5S3/c18-12-8(25-17(21)35-12)9(26-32)13(28)24-10-14(29)27-11(16(30)31)4(2-34-15(10)27)33-3-7-22-5(19)1-6(20)23-7/h1,10,15,32H,2-3H2,(H2,21,25)(H,24,28)(H,30,31)(H4,19,20,22,23)/b26-9+/t10?,15-/m1/s1. The second kappa shape index (κ2) is 9.76. The molecule has 2 aliphatic heterocycles. The van der Waals surface area contributed by atoms with Crippen molar-refractivity contribution in [2.75, 3.05) is 23.0 Å². The van der Waals surface area contributed by atoms with Gasteiger partial charge in [0.15, 0.2) is 10.8 Å². The lowest BCUT2D eigenvalue weighted by Gasteiger charge is -2.49. The Balaban J connectivity index is 1.49. The van der Waals surface area contributed by atoms with Gasteiger partial charge in [0, 0.05) is 16.7 Å². The molecule has 2 atom stereocenters. The Morgan fingerprint density at radius 3 is 2.54 bits per heavy atom. The second-order valence-corrected chi connectivity index (χ2v) is 10.8. The third-order valence-electron chi connectivity index (χ3n) is 4.75. The average Bonchev–Trinajstić information content (AvgIpc) is 3.12. The van der Waals surface area contributed by atoms with E-state index >= 15 is 0 Å². The van der Waals surface area contributed by atoms with Crippen molar-refractivity contribution in [2.45, 2.75) is 17.2 Å². The highest BCUT2D eigenvalue weighted by Gasteiger charge is 2.54. The minimum Gasteiger partial charge on any atom is -0.477 e.